The largest absolute Gasteiger partial charge is 0.615 e. The molecular formula is C9H11N3O3S2. The molecule has 1 aromatic rings. The van der Waals surface area contributed by atoms with Crippen LogP contribution < -0.4 is 5.32 Å². The van der Waals surface area contributed by atoms with Gasteiger partial charge < -0.3 is 9.87 Å². The molecule has 0 radical (unpaired) electrons. The van der Waals surface area contributed by atoms with Gasteiger partial charge in [-0.1, -0.05) is 0 Å². The number of carbonyl (C=O) groups excluding carboxylic acids is 2. The summed E-state index contributed by atoms with van der Waals surface area (Å²) in [6.07, 6.45) is 4.97. The molecule has 0 fully saturated rings. The second-order valence-electron chi connectivity index (χ2n) is 2.96. The number of amides is 1. The molecule has 0 aliphatic rings. The third-order valence-corrected chi connectivity index (χ3v) is 4.66. The Kier molecular flexibility index (Phi) is 5.39. The summed E-state index contributed by atoms with van der Waals surface area (Å²) in [6.45, 7) is 0. The van der Waals surface area contributed by atoms with Crippen LogP contribution in [0.2, 0.25) is 0 Å². The summed E-state index contributed by atoms with van der Waals surface area (Å²) in [5.74, 6) is -0.223. The van der Waals surface area contributed by atoms with Crippen molar-refractivity contribution in [3.8, 4) is 0 Å². The zero-order valence-corrected chi connectivity index (χ0v) is 10.9. The van der Waals surface area contributed by atoms with Gasteiger partial charge in [0.25, 0.3) is 5.78 Å². The van der Waals surface area contributed by atoms with E-state index in [2.05, 4.69) is 15.3 Å². The maximum absolute atomic E-state index is 11.9. The van der Waals surface area contributed by atoms with Gasteiger partial charge in [-0.15, -0.1) is 11.8 Å². The minimum Gasteiger partial charge on any atom is -0.615 e. The first-order valence-electron chi connectivity index (χ1n) is 4.52. The number of hydrogen-bond acceptors (Lipinski definition) is 6. The number of nitrogens with zero attached hydrogens (tertiary/aromatic N) is 2. The van der Waals surface area contributed by atoms with E-state index in [0.29, 0.717) is 6.41 Å². The topological polar surface area (TPSA) is 95.0 Å². The first-order valence-corrected chi connectivity index (χ1v) is 7.43. The van der Waals surface area contributed by atoms with Crippen LogP contribution in [0.3, 0.4) is 0 Å². The fourth-order valence-electron chi connectivity index (χ4n) is 1.12. The second kappa shape index (κ2) is 6.58. The molecule has 17 heavy (non-hydrogen) atoms. The minimum absolute atomic E-state index is 0.0496. The van der Waals surface area contributed by atoms with Crippen molar-refractivity contribution in [1.82, 2.24) is 9.97 Å². The van der Waals surface area contributed by atoms with Gasteiger partial charge in [-0.05, 0) is 23.5 Å². The highest BCUT2D eigenvalue weighted by Crippen LogP contribution is 2.17. The molecule has 1 aromatic heterocycles. The van der Waals surface area contributed by atoms with Crippen LogP contribution in [0.25, 0.3) is 0 Å². The normalized spacial score (nSPS) is 13.8. The van der Waals surface area contributed by atoms with Gasteiger partial charge >= 0.3 is 0 Å². The van der Waals surface area contributed by atoms with Crippen LogP contribution in [-0.2, 0) is 16.0 Å². The molecule has 8 heteroatoms. The Balaban J connectivity index is 2.94. The van der Waals surface area contributed by atoms with Crippen LogP contribution in [0.4, 0.5) is 5.82 Å². The lowest BCUT2D eigenvalue weighted by atomic mass is 10.4. The molecule has 2 unspecified atom stereocenters. The van der Waals surface area contributed by atoms with Gasteiger partial charge in [-0.2, -0.15) is 0 Å². The fourth-order valence-corrected chi connectivity index (χ4v) is 2.93. The quantitative estimate of drug-likeness (QED) is 0.455. The molecule has 0 aliphatic heterocycles. The number of anilines is 1. The second-order valence-corrected chi connectivity index (χ2v) is 5.67. The molecule has 1 heterocycles. The smallest absolute Gasteiger partial charge is 0.262 e. The lowest BCUT2D eigenvalue weighted by Crippen LogP contribution is -2.27. The van der Waals surface area contributed by atoms with Crippen LogP contribution in [-0.4, -0.2) is 43.8 Å². The van der Waals surface area contributed by atoms with Crippen LogP contribution in [0.5, 0.6) is 0 Å². The summed E-state index contributed by atoms with van der Waals surface area (Å²) in [5, 5.41) is 2.32. The highest BCUT2D eigenvalue weighted by molar-refractivity contribution is 8.14. The molecule has 6 nitrogen and oxygen atoms in total. The predicted molar refractivity (Wildman–Crippen MR) is 67.4 cm³/mol. The predicted octanol–water partition coefficient (Wildman–Crippen LogP) is 0.295. The third kappa shape index (κ3) is 3.69. The van der Waals surface area contributed by atoms with E-state index >= 15 is 0 Å². The number of hydrogen-bond donors (Lipinski definition) is 1. The van der Waals surface area contributed by atoms with E-state index in [4.69, 9.17) is 0 Å². The number of aromatic nitrogens is 2. The molecule has 0 aromatic carbocycles. The first-order chi connectivity index (χ1) is 8.10. The van der Waals surface area contributed by atoms with Crippen molar-refractivity contribution in [2.24, 2.45) is 0 Å². The molecule has 92 valence electrons. The van der Waals surface area contributed by atoms with Crippen molar-refractivity contribution < 1.29 is 14.1 Å². The first kappa shape index (κ1) is 13.9. The molecule has 0 aliphatic carbocycles. The van der Waals surface area contributed by atoms with E-state index in [1.807, 2.05) is 0 Å². The van der Waals surface area contributed by atoms with Gasteiger partial charge in [0.15, 0.2) is 0 Å². The molecule has 0 saturated carbocycles. The molecule has 0 saturated heterocycles. The van der Waals surface area contributed by atoms with Gasteiger partial charge in [-0.3, -0.25) is 9.59 Å². The van der Waals surface area contributed by atoms with Crippen molar-refractivity contribution in [3.63, 3.8) is 0 Å². The highest BCUT2D eigenvalue weighted by Gasteiger charge is 2.29. The van der Waals surface area contributed by atoms with E-state index in [0.717, 1.165) is 0 Å². The average molecular weight is 273 g/mol. The number of rotatable bonds is 6. The molecule has 1 amide bonds. The number of nitrogens with one attached hydrogen (secondary N) is 1. The molecule has 1 N–H and O–H groups in total. The van der Waals surface area contributed by atoms with Gasteiger partial charge in [0, 0.05) is 6.20 Å². The third-order valence-electron chi connectivity index (χ3n) is 1.81. The summed E-state index contributed by atoms with van der Waals surface area (Å²) in [6, 6.07) is 1.46. The number of ketones is 1. The maximum atomic E-state index is 11.9. The van der Waals surface area contributed by atoms with Crippen LogP contribution in [0, 0.1) is 0 Å². The molecule has 2 atom stereocenters. The molecule has 0 spiro atoms. The summed E-state index contributed by atoms with van der Waals surface area (Å²) < 4.78 is 10.6. The maximum Gasteiger partial charge on any atom is 0.262 e. The fraction of sp³-hybridized carbons (Fsp3) is 0.333. The lowest BCUT2D eigenvalue weighted by molar-refractivity contribution is -0.105. The number of carbonyl (C=O) groups is 2. The van der Waals surface area contributed by atoms with E-state index in [-0.39, 0.29) is 11.6 Å². The zero-order chi connectivity index (χ0) is 12.8. The van der Waals surface area contributed by atoms with Gasteiger partial charge in [0.1, 0.15) is 5.82 Å². The number of Topliss-reactive ketones (excluding diaryl/α,β-unsaturated/α-hetero) is 1. The van der Waals surface area contributed by atoms with Crippen LogP contribution in [0.15, 0.2) is 12.3 Å². The summed E-state index contributed by atoms with van der Waals surface area (Å²) in [7, 11) is 0. The minimum atomic E-state index is -1.30. The van der Waals surface area contributed by atoms with Crippen LogP contribution >= 0.6 is 11.8 Å². The van der Waals surface area contributed by atoms with Gasteiger partial charge in [0.05, 0.1) is 6.26 Å². The standard InChI is InChI=1S/C9H11N3O3S2/c1-16-9(17(2)15)7(14)8-10-4-3-6(12-8)11-5-13/h3-5,9H,1-2H3,(H,10,11,12,13). The summed E-state index contributed by atoms with van der Waals surface area (Å²) in [4.78, 5) is 29.8. The Morgan fingerprint density at radius 1 is 1.71 bits per heavy atom. The van der Waals surface area contributed by atoms with Gasteiger partial charge in [0.2, 0.25) is 16.8 Å². The Morgan fingerprint density at radius 3 is 2.94 bits per heavy atom. The van der Waals surface area contributed by atoms with Crippen molar-refractivity contribution in [2.45, 2.75) is 4.58 Å². The Labute approximate surface area is 106 Å². The van der Waals surface area contributed by atoms with Crippen LogP contribution in [0.1, 0.15) is 10.6 Å². The van der Waals surface area contributed by atoms with E-state index < -0.39 is 21.5 Å². The Bertz CT molecular complexity index is 414. The Hall–Kier alpha value is -1.12. The highest BCUT2D eigenvalue weighted by atomic mass is 32.3. The zero-order valence-electron chi connectivity index (χ0n) is 9.25. The summed E-state index contributed by atoms with van der Waals surface area (Å²) in [5.41, 5.74) is 0. The van der Waals surface area contributed by atoms with E-state index in [1.54, 1.807) is 6.26 Å². The lowest BCUT2D eigenvalue weighted by Gasteiger charge is -2.14. The number of thioether (sulfide) groups is 1. The monoisotopic (exact) mass is 273 g/mol. The molecule has 1 rings (SSSR count). The van der Waals surface area contributed by atoms with E-state index in [1.165, 1.54) is 30.3 Å². The van der Waals surface area contributed by atoms with Crippen molar-refractivity contribution in [1.29, 1.82) is 0 Å². The molecular weight excluding hydrogens is 262 g/mol. The van der Waals surface area contributed by atoms with Crippen molar-refractivity contribution in [3.05, 3.63) is 18.1 Å². The average Bonchev–Trinajstić information content (AvgIpc) is 2.30. The van der Waals surface area contributed by atoms with Gasteiger partial charge in [-0.25, -0.2) is 9.97 Å². The van der Waals surface area contributed by atoms with Crippen molar-refractivity contribution >= 4 is 40.9 Å². The summed E-state index contributed by atoms with van der Waals surface area (Å²) >= 11 is -0.120. The molecule has 0 bridgehead atoms. The SMILES string of the molecule is CSC(C(=O)c1nccc(NC=O)n1)[S+](C)[O-]. The van der Waals surface area contributed by atoms with Crippen molar-refractivity contribution in [2.75, 3.05) is 17.8 Å². The van der Waals surface area contributed by atoms with E-state index in [9.17, 15) is 14.1 Å². The Morgan fingerprint density at radius 2 is 2.41 bits per heavy atom.